The lowest BCUT2D eigenvalue weighted by atomic mass is 9.81. The molecule has 0 saturated carbocycles. The first-order valence-corrected chi connectivity index (χ1v) is 9.50. The molecule has 0 aliphatic heterocycles. The van der Waals surface area contributed by atoms with Crippen LogP contribution in [0.15, 0.2) is 67.2 Å². The van der Waals surface area contributed by atoms with Crippen LogP contribution in [0.25, 0.3) is 39.2 Å². The molecule has 0 spiro atoms. The topological polar surface area (TPSA) is 15.8 Å². The van der Waals surface area contributed by atoms with Crippen LogP contribution in [0.5, 0.6) is 0 Å². The number of hydrogen-bond acceptors (Lipinski definition) is 0. The lowest BCUT2D eigenvalue weighted by molar-refractivity contribution is 0.661. The third-order valence-corrected chi connectivity index (χ3v) is 6.14. The zero-order valence-corrected chi connectivity index (χ0v) is 16.1. The van der Waals surface area contributed by atoms with Gasteiger partial charge in [0.15, 0.2) is 0 Å². The van der Waals surface area contributed by atoms with E-state index < -0.39 is 0 Å². The Hall–Kier alpha value is -3.06. The minimum absolute atomic E-state index is 0.0206. The van der Waals surface area contributed by atoms with Crippen molar-refractivity contribution in [2.24, 2.45) is 0 Å². The Labute approximate surface area is 160 Å². The van der Waals surface area contributed by atoms with Crippen molar-refractivity contribution in [2.45, 2.75) is 26.2 Å². The molecule has 27 heavy (non-hydrogen) atoms. The van der Waals surface area contributed by atoms with Gasteiger partial charge in [-0.1, -0.05) is 69.0 Å². The Morgan fingerprint density at radius 3 is 2.33 bits per heavy atom. The zero-order chi connectivity index (χ0) is 18.8. The molecule has 132 valence electrons. The van der Waals surface area contributed by atoms with E-state index in [4.69, 9.17) is 0 Å². The van der Waals surface area contributed by atoms with Gasteiger partial charge in [0, 0.05) is 27.6 Å². The number of aromatic amines is 1. The number of aryl methyl sites for hydroxylation is 1. The number of fused-ring (bicyclic) bond motifs is 4. The lowest BCUT2D eigenvalue weighted by Crippen LogP contribution is -2.15. The third-order valence-electron chi connectivity index (χ3n) is 6.14. The maximum absolute atomic E-state index is 4.01. The van der Waals surface area contributed by atoms with E-state index in [0.717, 1.165) is 0 Å². The standard InChI is InChI=1S/C26H23N/c1-5-19-16(2)27-25-15-21-20-12-11-18(17-9-7-6-8-10-17)13-23(20)26(3,4)24(21)14-22(19)25/h5-15,27H,1H2,2-4H3. The second-order valence-electron chi connectivity index (χ2n) is 8.06. The summed E-state index contributed by atoms with van der Waals surface area (Å²) in [5.41, 5.74) is 11.6. The molecule has 4 aromatic rings. The van der Waals surface area contributed by atoms with Gasteiger partial charge in [-0.25, -0.2) is 0 Å². The van der Waals surface area contributed by atoms with Gasteiger partial charge in [0.1, 0.15) is 0 Å². The van der Waals surface area contributed by atoms with E-state index >= 15 is 0 Å². The van der Waals surface area contributed by atoms with Gasteiger partial charge >= 0.3 is 0 Å². The maximum atomic E-state index is 4.01. The Kier molecular flexibility index (Phi) is 3.27. The summed E-state index contributed by atoms with van der Waals surface area (Å²) in [5, 5.41) is 1.27. The van der Waals surface area contributed by atoms with E-state index in [-0.39, 0.29) is 5.41 Å². The second kappa shape index (κ2) is 5.47. The van der Waals surface area contributed by atoms with Gasteiger partial charge in [-0.15, -0.1) is 0 Å². The smallest absolute Gasteiger partial charge is 0.0468 e. The van der Waals surface area contributed by atoms with Crippen LogP contribution in [-0.2, 0) is 5.41 Å². The maximum Gasteiger partial charge on any atom is 0.0468 e. The number of aromatic nitrogens is 1. The Morgan fingerprint density at radius 2 is 1.59 bits per heavy atom. The summed E-state index contributed by atoms with van der Waals surface area (Å²) in [6.45, 7) is 10.8. The SMILES string of the molecule is C=Cc1c(C)[nH]c2cc3c(cc12)C(C)(C)c1cc(-c2ccccc2)ccc1-3. The average molecular weight is 349 g/mol. The van der Waals surface area contributed by atoms with Crippen molar-refractivity contribution < 1.29 is 0 Å². The monoisotopic (exact) mass is 349 g/mol. The third kappa shape index (κ3) is 2.18. The van der Waals surface area contributed by atoms with Crippen LogP contribution >= 0.6 is 0 Å². The summed E-state index contributed by atoms with van der Waals surface area (Å²) in [7, 11) is 0. The van der Waals surface area contributed by atoms with E-state index in [1.807, 2.05) is 6.08 Å². The molecule has 0 bridgehead atoms. The number of H-pyrrole nitrogens is 1. The number of hydrogen-bond donors (Lipinski definition) is 1. The van der Waals surface area contributed by atoms with Crippen molar-refractivity contribution >= 4 is 17.0 Å². The number of nitrogens with one attached hydrogen (secondary N) is 1. The molecule has 1 heteroatoms. The molecule has 0 amide bonds. The van der Waals surface area contributed by atoms with E-state index in [2.05, 4.69) is 93.0 Å². The molecule has 0 unspecified atom stereocenters. The van der Waals surface area contributed by atoms with Gasteiger partial charge in [0.2, 0.25) is 0 Å². The fourth-order valence-electron chi connectivity index (χ4n) is 4.65. The summed E-state index contributed by atoms with van der Waals surface area (Å²) < 4.78 is 0. The molecule has 1 N–H and O–H groups in total. The largest absolute Gasteiger partial charge is 0.358 e. The van der Waals surface area contributed by atoms with Gasteiger partial charge in [-0.3, -0.25) is 0 Å². The highest BCUT2D eigenvalue weighted by molar-refractivity contribution is 5.97. The van der Waals surface area contributed by atoms with Crippen molar-refractivity contribution in [3.8, 4) is 22.3 Å². The highest BCUT2D eigenvalue weighted by Gasteiger charge is 2.36. The first-order chi connectivity index (χ1) is 13.0. The van der Waals surface area contributed by atoms with E-state index in [1.165, 1.54) is 55.5 Å². The molecule has 1 nitrogen and oxygen atoms in total. The minimum Gasteiger partial charge on any atom is -0.358 e. The van der Waals surface area contributed by atoms with Crippen LogP contribution in [0.2, 0.25) is 0 Å². The predicted molar refractivity (Wildman–Crippen MR) is 116 cm³/mol. The zero-order valence-electron chi connectivity index (χ0n) is 16.1. The fraction of sp³-hybridized carbons (Fsp3) is 0.154. The van der Waals surface area contributed by atoms with Gasteiger partial charge in [0.25, 0.3) is 0 Å². The predicted octanol–water partition coefficient (Wildman–Crippen LogP) is 7.09. The normalized spacial score (nSPS) is 14.2. The summed E-state index contributed by atoms with van der Waals surface area (Å²) in [6.07, 6.45) is 1.96. The van der Waals surface area contributed by atoms with Crippen LogP contribution in [-0.4, -0.2) is 4.98 Å². The Bertz CT molecular complexity index is 1210. The van der Waals surface area contributed by atoms with E-state index in [0.29, 0.717) is 0 Å². The molecule has 0 radical (unpaired) electrons. The number of benzene rings is 3. The van der Waals surface area contributed by atoms with Gasteiger partial charge in [-0.2, -0.15) is 0 Å². The highest BCUT2D eigenvalue weighted by atomic mass is 14.7. The van der Waals surface area contributed by atoms with Crippen LogP contribution < -0.4 is 0 Å². The molecule has 0 fully saturated rings. The molecular weight excluding hydrogens is 326 g/mol. The second-order valence-corrected chi connectivity index (χ2v) is 8.06. The van der Waals surface area contributed by atoms with Crippen LogP contribution in [0.1, 0.15) is 36.2 Å². The molecule has 3 aromatic carbocycles. The quantitative estimate of drug-likeness (QED) is 0.397. The molecule has 1 aliphatic rings. The summed E-state index contributed by atoms with van der Waals surface area (Å²) in [4.78, 5) is 3.53. The molecule has 5 rings (SSSR count). The molecular formula is C26H23N. The summed E-state index contributed by atoms with van der Waals surface area (Å²) in [5.74, 6) is 0. The molecule has 1 aromatic heterocycles. The van der Waals surface area contributed by atoms with E-state index in [1.54, 1.807) is 0 Å². The summed E-state index contributed by atoms with van der Waals surface area (Å²) >= 11 is 0. The Morgan fingerprint density at radius 1 is 0.852 bits per heavy atom. The molecule has 1 heterocycles. The molecule has 0 atom stereocenters. The lowest BCUT2D eigenvalue weighted by Gasteiger charge is -2.22. The van der Waals surface area contributed by atoms with E-state index in [9.17, 15) is 0 Å². The number of rotatable bonds is 2. The fourth-order valence-corrected chi connectivity index (χ4v) is 4.65. The first-order valence-electron chi connectivity index (χ1n) is 9.50. The van der Waals surface area contributed by atoms with Gasteiger partial charge in [-0.05, 0) is 58.5 Å². The molecule has 1 aliphatic carbocycles. The van der Waals surface area contributed by atoms with Crippen LogP contribution in [0.4, 0.5) is 0 Å². The van der Waals surface area contributed by atoms with Crippen LogP contribution in [0.3, 0.4) is 0 Å². The minimum atomic E-state index is -0.0206. The van der Waals surface area contributed by atoms with Crippen molar-refractivity contribution in [1.29, 1.82) is 0 Å². The summed E-state index contributed by atoms with van der Waals surface area (Å²) in [6, 6.07) is 22.2. The highest BCUT2D eigenvalue weighted by Crippen LogP contribution is 2.51. The first kappa shape index (κ1) is 16.1. The van der Waals surface area contributed by atoms with Gasteiger partial charge in [0.05, 0.1) is 0 Å². The van der Waals surface area contributed by atoms with Crippen molar-refractivity contribution in [3.05, 3.63) is 89.6 Å². The van der Waals surface area contributed by atoms with Crippen molar-refractivity contribution in [1.82, 2.24) is 4.98 Å². The van der Waals surface area contributed by atoms with Crippen LogP contribution in [0, 0.1) is 6.92 Å². The van der Waals surface area contributed by atoms with Crippen molar-refractivity contribution in [3.63, 3.8) is 0 Å². The average Bonchev–Trinajstić information content (AvgIpc) is 3.11. The molecule has 0 saturated heterocycles. The Balaban J connectivity index is 1.76. The van der Waals surface area contributed by atoms with Crippen molar-refractivity contribution in [2.75, 3.05) is 0 Å². The van der Waals surface area contributed by atoms with Gasteiger partial charge < -0.3 is 4.98 Å².